The standard InChI is InChI=1S/C20H21F2NO4/c1-26-17-8-5-12(10-18(17)27-2)19(14-7-6-13(21)11-15(14)22)23-9-3-4-16(23)20(24)25/h5-8,10-11,16,19H,3-4,9H2,1-2H3,(H,24,25). The fourth-order valence-electron chi connectivity index (χ4n) is 3.66. The van der Waals surface area contributed by atoms with Crippen LogP contribution in [0, 0.1) is 11.6 Å². The lowest BCUT2D eigenvalue weighted by Crippen LogP contribution is -2.39. The molecule has 2 atom stereocenters. The third kappa shape index (κ3) is 3.73. The number of methoxy groups -OCH3 is 2. The van der Waals surface area contributed by atoms with Gasteiger partial charge in [0.05, 0.1) is 20.3 Å². The molecule has 144 valence electrons. The number of carbonyl (C=O) groups is 1. The van der Waals surface area contributed by atoms with E-state index in [0.717, 1.165) is 6.07 Å². The van der Waals surface area contributed by atoms with Gasteiger partial charge in [-0.15, -0.1) is 0 Å². The van der Waals surface area contributed by atoms with E-state index in [1.165, 1.54) is 26.4 Å². The Bertz CT molecular complexity index is 843. The van der Waals surface area contributed by atoms with Gasteiger partial charge >= 0.3 is 5.97 Å². The number of nitrogens with zero attached hydrogens (tertiary/aromatic N) is 1. The van der Waals surface area contributed by atoms with E-state index < -0.39 is 29.7 Å². The molecule has 1 heterocycles. The lowest BCUT2D eigenvalue weighted by molar-refractivity contribution is -0.142. The highest BCUT2D eigenvalue weighted by molar-refractivity contribution is 5.74. The Morgan fingerprint density at radius 3 is 2.52 bits per heavy atom. The number of halogens is 2. The lowest BCUT2D eigenvalue weighted by Gasteiger charge is -2.32. The highest BCUT2D eigenvalue weighted by atomic mass is 19.1. The molecule has 5 nitrogen and oxygen atoms in total. The maximum atomic E-state index is 14.6. The number of hydrogen-bond donors (Lipinski definition) is 1. The van der Waals surface area contributed by atoms with Gasteiger partial charge in [0, 0.05) is 18.2 Å². The number of carboxylic acid groups (broad SMARTS) is 1. The summed E-state index contributed by atoms with van der Waals surface area (Å²) in [6.45, 7) is 0.493. The Morgan fingerprint density at radius 2 is 1.89 bits per heavy atom. The van der Waals surface area contributed by atoms with E-state index in [-0.39, 0.29) is 5.56 Å². The summed E-state index contributed by atoms with van der Waals surface area (Å²) < 4.78 is 38.6. The second-order valence-corrected chi connectivity index (χ2v) is 6.42. The molecule has 1 saturated heterocycles. The molecule has 7 heteroatoms. The number of rotatable bonds is 6. The zero-order valence-electron chi connectivity index (χ0n) is 15.1. The van der Waals surface area contributed by atoms with Gasteiger partial charge in [0.2, 0.25) is 0 Å². The van der Waals surface area contributed by atoms with Gasteiger partial charge in [0.25, 0.3) is 0 Å². The molecule has 0 amide bonds. The highest BCUT2D eigenvalue weighted by Crippen LogP contribution is 2.39. The minimum absolute atomic E-state index is 0.219. The lowest BCUT2D eigenvalue weighted by atomic mass is 9.95. The molecule has 1 fully saturated rings. The zero-order valence-corrected chi connectivity index (χ0v) is 15.1. The molecule has 0 saturated carbocycles. The van der Waals surface area contributed by atoms with Crippen molar-refractivity contribution < 1.29 is 28.2 Å². The minimum Gasteiger partial charge on any atom is -0.493 e. The maximum absolute atomic E-state index is 14.6. The Balaban J connectivity index is 2.14. The first kappa shape index (κ1) is 19.1. The molecule has 1 aliphatic rings. The normalized spacial score (nSPS) is 18.3. The van der Waals surface area contributed by atoms with Crippen LogP contribution in [-0.4, -0.2) is 42.8 Å². The molecule has 2 aromatic carbocycles. The van der Waals surface area contributed by atoms with Crippen LogP contribution in [0.4, 0.5) is 8.78 Å². The van der Waals surface area contributed by atoms with Crippen LogP contribution in [-0.2, 0) is 4.79 Å². The average Bonchev–Trinajstić information content (AvgIpc) is 3.13. The van der Waals surface area contributed by atoms with Crippen molar-refractivity contribution in [2.45, 2.75) is 24.9 Å². The van der Waals surface area contributed by atoms with E-state index in [0.29, 0.717) is 36.4 Å². The Labute approximate surface area is 156 Å². The number of carboxylic acids is 1. The van der Waals surface area contributed by atoms with E-state index in [1.807, 2.05) is 0 Å². The van der Waals surface area contributed by atoms with Crippen molar-refractivity contribution in [1.82, 2.24) is 4.90 Å². The largest absolute Gasteiger partial charge is 0.493 e. The molecule has 27 heavy (non-hydrogen) atoms. The Hall–Kier alpha value is -2.67. The molecule has 0 radical (unpaired) electrons. The van der Waals surface area contributed by atoms with E-state index in [2.05, 4.69) is 0 Å². The summed E-state index contributed by atoms with van der Waals surface area (Å²) in [7, 11) is 3.00. The summed E-state index contributed by atoms with van der Waals surface area (Å²) in [5.74, 6) is -1.39. The maximum Gasteiger partial charge on any atom is 0.320 e. The summed E-state index contributed by atoms with van der Waals surface area (Å²) in [6.07, 6.45) is 1.16. The van der Waals surface area contributed by atoms with Crippen LogP contribution in [0.3, 0.4) is 0 Å². The third-order valence-electron chi connectivity index (χ3n) is 4.89. The van der Waals surface area contributed by atoms with Crippen molar-refractivity contribution >= 4 is 5.97 Å². The van der Waals surface area contributed by atoms with Gasteiger partial charge in [-0.2, -0.15) is 0 Å². The van der Waals surface area contributed by atoms with Gasteiger partial charge in [-0.1, -0.05) is 12.1 Å². The number of ether oxygens (including phenoxy) is 2. The zero-order chi connectivity index (χ0) is 19.6. The summed E-state index contributed by atoms with van der Waals surface area (Å²) >= 11 is 0. The Morgan fingerprint density at radius 1 is 1.15 bits per heavy atom. The van der Waals surface area contributed by atoms with E-state index in [9.17, 15) is 18.7 Å². The number of benzene rings is 2. The van der Waals surface area contributed by atoms with E-state index in [4.69, 9.17) is 9.47 Å². The predicted molar refractivity (Wildman–Crippen MR) is 95.1 cm³/mol. The van der Waals surface area contributed by atoms with Crippen molar-refractivity contribution in [2.24, 2.45) is 0 Å². The predicted octanol–water partition coefficient (Wildman–Crippen LogP) is 3.62. The van der Waals surface area contributed by atoms with Crippen molar-refractivity contribution in [3.8, 4) is 11.5 Å². The molecule has 0 bridgehead atoms. The first-order chi connectivity index (χ1) is 13.0. The molecule has 1 N–H and O–H groups in total. The van der Waals surface area contributed by atoms with Gasteiger partial charge < -0.3 is 14.6 Å². The van der Waals surface area contributed by atoms with Crippen molar-refractivity contribution in [3.63, 3.8) is 0 Å². The SMILES string of the molecule is COc1ccc(C(c2ccc(F)cc2F)N2CCCC2C(=O)O)cc1OC. The molecule has 0 aliphatic carbocycles. The monoisotopic (exact) mass is 377 g/mol. The van der Waals surface area contributed by atoms with Crippen molar-refractivity contribution in [3.05, 3.63) is 59.2 Å². The molecular formula is C20H21F2NO4. The van der Waals surface area contributed by atoms with Crippen LogP contribution >= 0.6 is 0 Å². The van der Waals surface area contributed by atoms with Crippen LogP contribution in [0.5, 0.6) is 11.5 Å². The number of likely N-dealkylation sites (tertiary alicyclic amines) is 1. The fourth-order valence-corrected chi connectivity index (χ4v) is 3.66. The second-order valence-electron chi connectivity index (χ2n) is 6.42. The highest BCUT2D eigenvalue weighted by Gasteiger charge is 2.38. The van der Waals surface area contributed by atoms with Crippen LogP contribution in [0.15, 0.2) is 36.4 Å². The van der Waals surface area contributed by atoms with E-state index in [1.54, 1.807) is 23.1 Å². The van der Waals surface area contributed by atoms with Crippen LogP contribution in [0.2, 0.25) is 0 Å². The number of aliphatic carboxylic acids is 1. The second kappa shape index (κ2) is 7.92. The molecule has 2 aromatic rings. The third-order valence-corrected chi connectivity index (χ3v) is 4.89. The van der Waals surface area contributed by atoms with Crippen LogP contribution < -0.4 is 9.47 Å². The first-order valence-corrected chi connectivity index (χ1v) is 8.61. The Kier molecular flexibility index (Phi) is 5.60. The summed E-state index contributed by atoms with van der Waals surface area (Å²) in [6, 6.07) is 7.06. The van der Waals surface area contributed by atoms with E-state index >= 15 is 0 Å². The molecule has 1 aliphatic heterocycles. The first-order valence-electron chi connectivity index (χ1n) is 8.61. The summed E-state index contributed by atoms with van der Waals surface area (Å²) in [5, 5.41) is 9.58. The molecule has 2 unspecified atom stereocenters. The minimum atomic E-state index is -0.958. The summed E-state index contributed by atoms with van der Waals surface area (Å²) in [4.78, 5) is 13.4. The van der Waals surface area contributed by atoms with Crippen molar-refractivity contribution in [2.75, 3.05) is 20.8 Å². The van der Waals surface area contributed by atoms with Crippen LogP contribution in [0.25, 0.3) is 0 Å². The summed E-state index contributed by atoms with van der Waals surface area (Å²) in [5.41, 5.74) is 0.864. The smallest absolute Gasteiger partial charge is 0.320 e. The van der Waals surface area contributed by atoms with Gasteiger partial charge in [-0.25, -0.2) is 8.78 Å². The number of hydrogen-bond acceptors (Lipinski definition) is 4. The molecule has 3 rings (SSSR count). The molecule has 0 spiro atoms. The fraction of sp³-hybridized carbons (Fsp3) is 0.350. The quantitative estimate of drug-likeness (QED) is 0.833. The topological polar surface area (TPSA) is 59.0 Å². The van der Waals surface area contributed by atoms with Gasteiger partial charge in [0.15, 0.2) is 11.5 Å². The van der Waals surface area contributed by atoms with Gasteiger partial charge in [-0.3, -0.25) is 9.69 Å². The molecule has 0 aromatic heterocycles. The van der Waals surface area contributed by atoms with Crippen molar-refractivity contribution in [1.29, 1.82) is 0 Å². The molecular weight excluding hydrogens is 356 g/mol. The van der Waals surface area contributed by atoms with Gasteiger partial charge in [-0.05, 0) is 36.6 Å². The average molecular weight is 377 g/mol. The van der Waals surface area contributed by atoms with Crippen LogP contribution in [0.1, 0.15) is 30.0 Å². The van der Waals surface area contributed by atoms with Gasteiger partial charge in [0.1, 0.15) is 17.7 Å².